The zero-order valence-electron chi connectivity index (χ0n) is 12.4. The van der Waals surface area contributed by atoms with Crippen LogP contribution >= 0.6 is 0 Å². The summed E-state index contributed by atoms with van der Waals surface area (Å²) in [4.78, 5) is 18.7. The highest BCUT2D eigenvalue weighted by molar-refractivity contribution is 5.80. The first-order chi connectivity index (χ1) is 9.54. The second-order valence-corrected chi connectivity index (χ2v) is 5.95. The molecule has 1 heterocycles. The molecule has 0 radical (unpaired) electrons. The van der Waals surface area contributed by atoms with Crippen LogP contribution in [0.3, 0.4) is 0 Å². The van der Waals surface area contributed by atoms with Crippen molar-refractivity contribution in [1.82, 2.24) is 14.5 Å². The van der Waals surface area contributed by atoms with Gasteiger partial charge in [-0.25, -0.2) is 4.98 Å². The van der Waals surface area contributed by atoms with E-state index in [9.17, 15) is 4.79 Å². The summed E-state index contributed by atoms with van der Waals surface area (Å²) in [6.07, 6.45) is 3.02. The van der Waals surface area contributed by atoms with Gasteiger partial charge in [0.15, 0.2) is 0 Å². The molecular weight excluding hydrogens is 250 g/mol. The second kappa shape index (κ2) is 4.70. The molecule has 4 heteroatoms. The molecule has 1 aromatic carbocycles. The van der Waals surface area contributed by atoms with Crippen molar-refractivity contribution in [3.05, 3.63) is 30.1 Å². The van der Waals surface area contributed by atoms with E-state index in [4.69, 9.17) is 4.98 Å². The number of fused-ring (bicyclic) bond motifs is 1. The van der Waals surface area contributed by atoms with Gasteiger partial charge in [0.25, 0.3) is 0 Å². The van der Waals surface area contributed by atoms with Gasteiger partial charge in [0, 0.05) is 19.9 Å². The van der Waals surface area contributed by atoms with Crippen LogP contribution in [0.15, 0.2) is 24.3 Å². The first-order valence-electron chi connectivity index (χ1n) is 7.16. The molecule has 1 aromatic heterocycles. The number of carbonyl (C=O) groups is 1. The molecule has 20 heavy (non-hydrogen) atoms. The fourth-order valence-electron chi connectivity index (χ4n) is 3.37. The average Bonchev–Trinajstić information content (AvgIpc) is 2.78. The molecule has 3 rings (SSSR count). The van der Waals surface area contributed by atoms with Gasteiger partial charge in [-0.2, -0.15) is 0 Å². The minimum Gasteiger partial charge on any atom is -0.330 e. The van der Waals surface area contributed by atoms with Gasteiger partial charge in [-0.15, -0.1) is 0 Å². The number of benzene rings is 1. The Morgan fingerprint density at radius 3 is 2.45 bits per heavy atom. The number of hydrogen-bond donors (Lipinski definition) is 0. The molecule has 1 fully saturated rings. The van der Waals surface area contributed by atoms with Crippen molar-refractivity contribution in [1.29, 1.82) is 0 Å². The lowest BCUT2D eigenvalue weighted by molar-refractivity contribution is -0.123. The summed E-state index contributed by atoms with van der Waals surface area (Å²) >= 11 is 0. The van der Waals surface area contributed by atoms with Crippen molar-refractivity contribution in [2.75, 3.05) is 14.1 Å². The van der Waals surface area contributed by atoms with Crippen LogP contribution in [0, 0.1) is 0 Å². The lowest BCUT2D eigenvalue weighted by Gasteiger charge is -2.41. The number of ketones is 1. The molecular formula is C16H21N3O. The maximum absolute atomic E-state index is 11.6. The Bertz CT molecular complexity index is 647. The van der Waals surface area contributed by atoms with Gasteiger partial charge in [0.05, 0.1) is 16.6 Å². The summed E-state index contributed by atoms with van der Waals surface area (Å²) in [6.45, 7) is 0. The van der Waals surface area contributed by atoms with E-state index in [1.54, 1.807) is 0 Å². The van der Waals surface area contributed by atoms with E-state index in [0.717, 1.165) is 29.7 Å². The molecule has 106 valence electrons. The third kappa shape index (κ3) is 1.86. The minimum absolute atomic E-state index is 0.123. The Morgan fingerprint density at radius 2 is 1.85 bits per heavy atom. The number of aryl methyl sites for hydroxylation is 1. The molecule has 0 aliphatic heterocycles. The standard InChI is InChI=1S/C16H21N3O/c1-18(2)16(10-8-12(20)9-11-16)15-17-13-6-4-5-7-14(13)19(15)3/h4-7H,8-11H2,1-3H3. The minimum atomic E-state index is -0.123. The zero-order chi connectivity index (χ0) is 14.3. The second-order valence-electron chi connectivity index (χ2n) is 5.95. The molecule has 0 atom stereocenters. The molecule has 0 saturated heterocycles. The number of aromatic nitrogens is 2. The zero-order valence-corrected chi connectivity index (χ0v) is 12.4. The van der Waals surface area contributed by atoms with Crippen molar-refractivity contribution >= 4 is 16.8 Å². The van der Waals surface area contributed by atoms with Gasteiger partial charge in [0.1, 0.15) is 11.6 Å². The Labute approximate surface area is 119 Å². The van der Waals surface area contributed by atoms with Gasteiger partial charge >= 0.3 is 0 Å². The number of imidazole rings is 1. The van der Waals surface area contributed by atoms with Crippen LogP contribution in [0.1, 0.15) is 31.5 Å². The Hall–Kier alpha value is -1.68. The highest BCUT2D eigenvalue weighted by atomic mass is 16.1. The predicted molar refractivity (Wildman–Crippen MR) is 79.6 cm³/mol. The number of carbonyl (C=O) groups excluding carboxylic acids is 1. The lowest BCUT2D eigenvalue weighted by atomic mass is 9.79. The van der Waals surface area contributed by atoms with E-state index in [1.807, 2.05) is 12.1 Å². The van der Waals surface area contributed by atoms with E-state index in [2.05, 4.69) is 42.7 Å². The van der Waals surface area contributed by atoms with Crippen LogP contribution in [0.4, 0.5) is 0 Å². The van der Waals surface area contributed by atoms with Crippen LogP contribution in [0.5, 0.6) is 0 Å². The quantitative estimate of drug-likeness (QED) is 0.842. The topological polar surface area (TPSA) is 38.1 Å². The molecule has 4 nitrogen and oxygen atoms in total. The summed E-state index contributed by atoms with van der Waals surface area (Å²) in [7, 11) is 6.26. The predicted octanol–water partition coefficient (Wildman–Crippen LogP) is 2.47. The first kappa shape index (κ1) is 13.3. The molecule has 1 aliphatic rings. The molecule has 1 saturated carbocycles. The van der Waals surface area contributed by atoms with Gasteiger partial charge in [0.2, 0.25) is 0 Å². The number of hydrogen-bond acceptors (Lipinski definition) is 3. The molecule has 0 N–H and O–H groups in total. The molecule has 2 aromatic rings. The molecule has 0 spiro atoms. The SMILES string of the molecule is CN(C)C1(c2nc3ccccc3n2C)CCC(=O)CC1. The van der Waals surface area contributed by atoms with Crippen LogP contribution in [0.25, 0.3) is 11.0 Å². The van der Waals surface area contributed by atoms with Crippen LogP contribution in [-0.4, -0.2) is 34.3 Å². The van der Waals surface area contributed by atoms with Crippen molar-refractivity contribution < 1.29 is 4.79 Å². The van der Waals surface area contributed by atoms with E-state index < -0.39 is 0 Å². The maximum Gasteiger partial charge on any atom is 0.133 e. The summed E-state index contributed by atoms with van der Waals surface area (Å²) in [5.74, 6) is 1.46. The van der Waals surface area contributed by atoms with Crippen molar-refractivity contribution in [3.63, 3.8) is 0 Å². The van der Waals surface area contributed by atoms with E-state index in [-0.39, 0.29) is 5.54 Å². The fraction of sp³-hybridized carbons (Fsp3) is 0.500. The van der Waals surface area contributed by atoms with Crippen LogP contribution in [0.2, 0.25) is 0 Å². The Kier molecular flexibility index (Phi) is 3.13. The maximum atomic E-state index is 11.6. The van der Waals surface area contributed by atoms with E-state index in [0.29, 0.717) is 18.6 Å². The number of rotatable bonds is 2. The molecule has 0 amide bonds. The number of nitrogens with zero attached hydrogens (tertiary/aromatic N) is 3. The third-order valence-electron chi connectivity index (χ3n) is 4.69. The van der Waals surface area contributed by atoms with Crippen LogP contribution in [-0.2, 0) is 17.4 Å². The van der Waals surface area contributed by atoms with Crippen molar-refractivity contribution in [2.45, 2.75) is 31.2 Å². The molecule has 0 bridgehead atoms. The highest BCUT2D eigenvalue weighted by Gasteiger charge is 2.41. The molecule has 0 unspecified atom stereocenters. The number of Topliss-reactive ketones (excluding diaryl/α,β-unsaturated/α-hetero) is 1. The summed E-state index contributed by atoms with van der Waals surface area (Å²) in [5, 5.41) is 0. The first-order valence-corrected chi connectivity index (χ1v) is 7.16. The van der Waals surface area contributed by atoms with Gasteiger partial charge in [-0.05, 0) is 39.1 Å². The Balaban J connectivity index is 2.15. The van der Waals surface area contributed by atoms with Gasteiger partial charge in [-0.3, -0.25) is 9.69 Å². The molecule has 1 aliphatic carbocycles. The summed E-state index contributed by atoms with van der Waals surface area (Å²) in [5.41, 5.74) is 2.06. The highest BCUT2D eigenvalue weighted by Crippen LogP contribution is 2.40. The van der Waals surface area contributed by atoms with Crippen molar-refractivity contribution in [3.8, 4) is 0 Å². The third-order valence-corrected chi connectivity index (χ3v) is 4.69. The lowest BCUT2D eigenvalue weighted by Crippen LogP contribution is -2.46. The largest absolute Gasteiger partial charge is 0.330 e. The normalized spacial score (nSPS) is 18.9. The van der Waals surface area contributed by atoms with Crippen LogP contribution < -0.4 is 0 Å². The van der Waals surface area contributed by atoms with Crippen molar-refractivity contribution in [2.24, 2.45) is 7.05 Å². The fourth-order valence-corrected chi connectivity index (χ4v) is 3.37. The number of para-hydroxylation sites is 2. The average molecular weight is 271 g/mol. The van der Waals surface area contributed by atoms with Gasteiger partial charge < -0.3 is 4.57 Å². The van der Waals surface area contributed by atoms with E-state index >= 15 is 0 Å². The summed E-state index contributed by atoms with van der Waals surface area (Å²) < 4.78 is 2.19. The monoisotopic (exact) mass is 271 g/mol. The van der Waals surface area contributed by atoms with E-state index in [1.165, 1.54) is 0 Å². The van der Waals surface area contributed by atoms with Gasteiger partial charge in [-0.1, -0.05) is 12.1 Å². The Morgan fingerprint density at radius 1 is 1.20 bits per heavy atom. The summed E-state index contributed by atoms with van der Waals surface area (Å²) in [6, 6.07) is 8.21. The smallest absolute Gasteiger partial charge is 0.133 e.